The highest BCUT2D eigenvalue weighted by Crippen LogP contribution is 2.39. The quantitative estimate of drug-likeness (QED) is 0.516. The van der Waals surface area contributed by atoms with Gasteiger partial charge in [0.1, 0.15) is 22.9 Å². The maximum Gasteiger partial charge on any atom is 0.282 e. The molecule has 1 N–H and O–H groups in total. The minimum atomic E-state index is -0.487. The Morgan fingerprint density at radius 2 is 1.42 bits per heavy atom. The lowest BCUT2D eigenvalue weighted by Crippen LogP contribution is -2.32. The number of nitrogens with one attached hydrogen (secondary N) is 1. The summed E-state index contributed by atoms with van der Waals surface area (Å²) in [5, 5.41) is 3.14. The zero-order valence-electron chi connectivity index (χ0n) is 18.6. The third-order valence-electron chi connectivity index (χ3n) is 5.23. The zero-order valence-corrected chi connectivity index (χ0v) is 18.6. The SMILES string of the molecule is CCOc1ccc(C2=C(Nc3ccccc3OC)C(=O)N(c3ccccc3OC)C2=O)cc1. The van der Waals surface area contributed by atoms with Crippen LogP contribution in [0.2, 0.25) is 0 Å². The molecule has 168 valence electrons. The molecule has 1 heterocycles. The number of hydrogen-bond donors (Lipinski definition) is 1. The van der Waals surface area contributed by atoms with E-state index in [0.29, 0.717) is 40.8 Å². The highest BCUT2D eigenvalue weighted by atomic mass is 16.5. The van der Waals surface area contributed by atoms with Gasteiger partial charge in [0.25, 0.3) is 11.8 Å². The van der Waals surface area contributed by atoms with Crippen molar-refractivity contribution in [3.63, 3.8) is 0 Å². The molecule has 2 amide bonds. The Labute approximate surface area is 192 Å². The first-order valence-electron chi connectivity index (χ1n) is 10.5. The highest BCUT2D eigenvalue weighted by Gasteiger charge is 2.41. The lowest BCUT2D eigenvalue weighted by atomic mass is 10.0. The summed E-state index contributed by atoms with van der Waals surface area (Å²) in [4.78, 5) is 28.4. The Morgan fingerprint density at radius 3 is 2.09 bits per heavy atom. The van der Waals surface area contributed by atoms with E-state index in [1.54, 1.807) is 67.8 Å². The summed E-state index contributed by atoms with van der Waals surface area (Å²) < 4.78 is 16.3. The second-order valence-corrected chi connectivity index (χ2v) is 7.15. The van der Waals surface area contributed by atoms with Crippen molar-refractivity contribution in [2.24, 2.45) is 0 Å². The van der Waals surface area contributed by atoms with E-state index in [0.717, 1.165) is 4.90 Å². The smallest absolute Gasteiger partial charge is 0.282 e. The Kier molecular flexibility index (Phi) is 6.31. The van der Waals surface area contributed by atoms with Gasteiger partial charge in [-0.3, -0.25) is 9.59 Å². The molecular weight excluding hydrogens is 420 g/mol. The van der Waals surface area contributed by atoms with E-state index in [1.165, 1.54) is 7.11 Å². The molecule has 0 fully saturated rings. The first kappa shape index (κ1) is 22.0. The van der Waals surface area contributed by atoms with Crippen LogP contribution < -0.4 is 24.4 Å². The van der Waals surface area contributed by atoms with Gasteiger partial charge in [-0.15, -0.1) is 0 Å². The fraction of sp³-hybridized carbons (Fsp3) is 0.154. The zero-order chi connectivity index (χ0) is 23.4. The number of para-hydroxylation sites is 4. The van der Waals surface area contributed by atoms with Crippen LogP contribution in [0.1, 0.15) is 12.5 Å². The largest absolute Gasteiger partial charge is 0.495 e. The molecule has 7 heteroatoms. The summed E-state index contributed by atoms with van der Waals surface area (Å²) in [6.45, 7) is 2.43. The second kappa shape index (κ2) is 9.48. The number of carbonyl (C=O) groups is 2. The van der Waals surface area contributed by atoms with Crippen LogP contribution in [0, 0.1) is 0 Å². The Hall–Kier alpha value is -4.26. The van der Waals surface area contributed by atoms with Crippen LogP contribution in [0.15, 0.2) is 78.5 Å². The molecule has 0 spiro atoms. The fourth-order valence-electron chi connectivity index (χ4n) is 3.71. The van der Waals surface area contributed by atoms with E-state index in [1.807, 2.05) is 19.1 Å². The molecular formula is C26H24N2O5. The van der Waals surface area contributed by atoms with Gasteiger partial charge in [-0.1, -0.05) is 36.4 Å². The average molecular weight is 444 g/mol. The van der Waals surface area contributed by atoms with E-state index in [-0.39, 0.29) is 11.3 Å². The number of methoxy groups -OCH3 is 2. The van der Waals surface area contributed by atoms with Crippen molar-refractivity contribution in [1.29, 1.82) is 0 Å². The van der Waals surface area contributed by atoms with Crippen LogP contribution in [0.4, 0.5) is 11.4 Å². The van der Waals surface area contributed by atoms with Gasteiger partial charge >= 0.3 is 0 Å². The number of hydrogen-bond acceptors (Lipinski definition) is 6. The maximum atomic E-state index is 13.6. The highest BCUT2D eigenvalue weighted by molar-refractivity contribution is 6.46. The number of carbonyl (C=O) groups excluding carboxylic acids is 2. The van der Waals surface area contributed by atoms with Crippen molar-refractivity contribution >= 4 is 28.8 Å². The van der Waals surface area contributed by atoms with Gasteiger partial charge in [0.2, 0.25) is 0 Å². The van der Waals surface area contributed by atoms with E-state index in [9.17, 15) is 9.59 Å². The number of ether oxygens (including phenoxy) is 3. The van der Waals surface area contributed by atoms with Crippen LogP contribution in [-0.2, 0) is 9.59 Å². The molecule has 0 atom stereocenters. The minimum Gasteiger partial charge on any atom is -0.495 e. The molecule has 4 rings (SSSR count). The Balaban J connectivity index is 1.83. The summed E-state index contributed by atoms with van der Waals surface area (Å²) in [6, 6.07) is 21.2. The van der Waals surface area contributed by atoms with Gasteiger partial charge in [-0.05, 0) is 48.9 Å². The standard InChI is InChI=1S/C26H24N2O5/c1-4-33-18-15-13-17(14-16-18)23-24(27-19-9-5-7-11-21(19)31-2)26(30)28(25(23)29)20-10-6-8-12-22(20)32-3/h5-16,27H,4H2,1-3H3. The van der Waals surface area contributed by atoms with Gasteiger partial charge in [0, 0.05) is 0 Å². The van der Waals surface area contributed by atoms with Gasteiger partial charge < -0.3 is 19.5 Å². The third-order valence-corrected chi connectivity index (χ3v) is 5.23. The van der Waals surface area contributed by atoms with Crippen LogP contribution in [0.3, 0.4) is 0 Å². The fourth-order valence-corrected chi connectivity index (χ4v) is 3.71. The molecule has 0 bridgehead atoms. The first-order chi connectivity index (χ1) is 16.1. The van der Waals surface area contributed by atoms with Gasteiger partial charge in [-0.25, -0.2) is 4.90 Å². The summed E-state index contributed by atoms with van der Waals surface area (Å²) in [6.07, 6.45) is 0. The Morgan fingerprint density at radius 1 is 0.788 bits per heavy atom. The van der Waals surface area contributed by atoms with Crippen molar-refractivity contribution in [3.05, 3.63) is 84.1 Å². The summed E-state index contributed by atoms with van der Waals surface area (Å²) in [7, 11) is 3.05. The van der Waals surface area contributed by atoms with Crippen molar-refractivity contribution < 1.29 is 23.8 Å². The molecule has 0 radical (unpaired) electrons. The van der Waals surface area contributed by atoms with Crippen molar-refractivity contribution in [2.75, 3.05) is 31.0 Å². The van der Waals surface area contributed by atoms with Crippen LogP contribution in [0.5, 0.6) is 17.2 Å². The molecule has 0 aliphatic carbocycles. The van der Waals surface area contributed by atoms with Gasteiger partial charge in [0.15, 0.2) is 0 Å². The molecule has 3 aromatic rings. The summed E-state index contributed by atoms with van der Waals surface area (Å²) in [5.74, 6) is 0.709. The number of nitrogens with zero attached hydrogens (tertiary/aromatic N) is 1. The molecule has 0 aromatic heterocycles. The number of anilines is 2. The van der Waals surface area contributed by atoms with Crippen molar-refractivity contribution in [2.45, 2.75) is 6.92 Å². The van der Waals surface area contributed by atoms with Crippen molar-refractivity contribution in [3.8, 4) is 17.2 Å². The molecule has 0 saturated carbocycles. The van der Waals surface area contributed by atoms with Crippen LogP contribution in [-0.4, -0.2) is 32.6 Å². The number of rotatable bonds is 8. The van der Waals surface area contributed by atoms with Gasteiger partial charge in [-0.2, -0.15) is 0 Å². The first-order valence-corrected chi connectivity index (χ1v) is 10.5. The lowest BCUT2D eigenvalue weighted by Gasteiger charge is -2.18. The molecule has 3 aromatic carbocycles. The van der Waals surface area contributed by atoms with E-state index < -0.39 is 11.8 Å². The summed E-state index contributed by atoms with van der Waals surface area (Å²) in [5.41, 5.74) is 1.93. The number of benzene rings is 3. The van der Waals surface area contributed by atoms with Gasteiger partial charge in [0.05, 0.1) is 37.8 Å². The molecule has 7 nitrogen and oxygen atoms in total. The van der Waals surface area contributed by atoms with Crippen LogP contribution in [0.25, 0.3) is 5.57 Å². The van der Waals surface area contributed by atoms with E-state index >= 15 is 0 Å². The topological polar surface area (TPSA) is 77.1 Å². The monoisotopic (exact) mass is 444 g/mol. The molecule has 0 unspecified atom stereocenters. The average Bonchev–Trinajstić information content (AvgIpc) is 3.09. The molecule has 1 aliphatic heterocycles. The lowest BCUT2D eigenvalue weighted by molar-refractivity contribution is -0.120. The normalized spacial score (nSPS) is 13.4. The molecule has 1 aliphatic rings. The predicted molar refractivity (Wildman–Crippen MR) is 127 cm³/mol. The number of amides is 2. The Bertz CT molecular complexity index is 1220. The predicted octanol–water partition coefficient (Wildman–Crippen LogP) is 4.50. The minimum absolute atomic E-state index is 0.152. The van der Waals surface area contributed by atoms with Crippen LogP contribution >= 0.6 is 0 Å². The number of imide groups is 1. The maximum absolute atomic E-state index is 13.6. The molecule has 33 heavy (non-hydrogen) atoms. The van der Waals surface area contributed by atoms with Crippen molar-refractivity contribution in [1.82, 2.24) is 0 Å². The summed E-state index contributed by atoms with van der Waals surface area (Å²) >= 11 is 0. The third kappa shape index (κ3) is 4.13. The second-order valence-electron chi connectivity index (χ2n) is 7.15. The van der Waals surface area contributed by atoms with E-state index in [4.69, 9.17) is 14.2 Å². The molecule has 0 saturated heterocycles. The van der Waals surface area contributed by atoms with E-state index in [2.05, 4.69) is 5.32 Å².